The summed E-state index contributed by atoms with van der Waals surface area (Å²) in [6.07, 6.45) is 9.22. The summed E-state index contributed by atoms with van der Waals surface area (Å²) in [5, 5.41) is 0. The van der Waals surface area contributed by atoms with Gasteiger partial charge >= 0.3 is 0 Å². The quantitative estimate of drug-likeness (QED) is 0.634. The van der Waals surface area contributed by atoms with Crippen LogP contribution in [0.3, 0.4) is 0 Å². The van der Waals surface area contributed by atoms with Crippen molar-refractivity contribution in [3.05, 3.63) is 23.3 Å². The van der Waals surface area contributed by atoms with Crippen molar-refractivity contribution in [3.8, 4) is 0 Å². The zero-order valence-electron chi connectivity index (χ0n) is 10.2. The van der Waals surface area contributed by atoms with Gasteiger partial charge in [0.25, 0.3) is 0 Å². The van der Waals surface area contributed by atoms with E-state index in [1.807, 2.05) is 13.0 Å². The smallest absolute Gasteiger partial charge is 0.181 e. The molecule has 1 aliphatic rings. The molecule has 1 rings (SSSR count). The molecule has 1 heteroatoms. The topological polar surface area (TPSA) is 17.1 Å². The van der Waals surface area contributed by atoms with Crippen LogP contribution in [0.15, 0.2) is 23.3 Å². The molecule has 0 aromatic heterocycles. The summed E-state index contributed by atoms with van der Waals surface area (Å²) in [4.78, 5) is 11.8. The van der Waals surface area contributed by atoms with Crippen molar-refractivity contribution >= 4 is 5.78 Å². The molecule has 0 heterocycles. The Morgan fingerprint density at radius 1 is 1.33 bits per heavy atom. The Morgan fingerprint density at radius 3 is 2.60 bits per heavy atom. The fourth-order valence-electron chi connectivity index (χ4n) is 2.24. The number of carbonyl (C=O) groups excluding carboxylic acids is 1. The van der Waals surface area contributed by atoms with E-state index in [1.165, 1.54) is 18.4 Å². The molecule has 0 radical (unpaired) electrons. The van der Waals surface area contributed by atoms with Crippen molar-refractivity contribution in [2.24, 2.45) is 5.92 Å². The number of ketones is 1. The Hall–Kier alpha value is -0.850. The highest BCUT2D eigenvalue weighted by Gasteiger charge is 2.17. The van der Waals surface area contributed by atoms with Crippen LogP contribution in [-0.2, 0) is 4.79 Å². The molecule has 0 N–H and O–H groups in total. The van der Waals surface area contributed by atoms with E-state index in [0.29, 0.717) is 5.92 Å². The maximum absolute atomic E-state index is 11.8. The van der Waals surface area contributed by atoms with Crippen molar-refractivity contribution in [1.82, 2.24) is 0 Å². The van der Waals surface area contributed by atoms with Gasteiger partial charge in [-0.3, -0.25) is 4.79 Å². The van der Waals surface area contributed by atoms with Gasteiger partial charge in [0.15, 0.2) is 5.78 Å². The second-order valence-electron chi connectivity index (χ2n) is 4.75. The zero-order valence-corrected chi connectivity index (χ0v) is 10.2. The third-order valence-electron chi connectivity index (χ3n) is 2.85. The lowest BCUT2D eigenvalue weighted by molar-refractivity contribution is -0.111. The minimum Gasteiger partial charge on any atom is -0.290 e. The lowest BCUT2D eigenvalue weighted by Gasteiger charge is -2.20. The van der Waals surface area contributed by atoms with Crippen LogP contribution in [0.25, 0.3) is 0 Å². The van der Waals surface area contributed by atoms with E-state index in [1.54, 1.807) is 6.08 Å². The lowest BCUT2D eigenvalue weighted by atomic mass is 9.85. The number of carbonyl (C=O) groups is 1. The van der Waals surface area contributed by atoms with Crippen LogP contribution in [0.2, 0.25) is 0 Å². The third-order valence-corrected chi connectivity index (χ3v) is 2.85. The number of rotatable bonds is 4. The minimum atomic E-state index is 0.243. The van der Waals surface area contributed by atoms with Crippen molar-refractivity contribution in [2.45, 2.75) is 52.9 Å². The highest BCUT2D eigenvalue weighted by Crippen LogP contribution is 2.29. The maximum Gasteiger partial charge on any atom is 0.181 e. The van der Waals surface area contributed by atoms with E-state index in [2.05, 4.69) is 13.8 Å². The first-order valence-corrected chi connectivity index (χ1v) is 6.03. The van der Waals surface area contributed by atoms with Crippen molar-refractivity contribution < 1.29 is 4.79 Å². The molecule has 1 nitrogen and oxygen atoms in total. The van der Waals surface area contributed by atoms with Gasteiger partial charge in [-0.1, -0.05) is 25.5 Å². The Labute approximate surface area is 93.3 Å². The first kappa shape index (κ1) is 12.2. The molecule has 0 fully saturated rings. The Bertz CT molecular complexity index is 282. The predicted molar refractivity (Wildman–Crippen MR) is 64.8 cm³/mol. The van der Waals surface area contributed by atoms with E-state index in [-0.39, 0.29) is 5.78 Å². The van der Waals surface area contributed by atoms with Crippen LogP contribution in [-0.4, -0.2) is 5.78 Å². The predicted octanol–water partition coefficient (Wildman–Crippen LogP) is 4.05. The van der Waals surface area contributed by atoms with Crippen molar-refractivity contribution in [2.75, 3.05) is 0 Å². The molecule has 0 saturated carbocycles. The Kier molecular flexibility index (Phi) is 4.80. The molecule has 84 valence electrons. The molecule has 15 heavy (non-hydrogen) atoms. The van der Waals surface area contributed by atoms with Crippen LogP contribution in [0, 0.1) is 5.92 Å². The fourth-order valence-corrected chi connectivity index (χ4v) is 2.24. The second-order valence-corrected chi connectivity index (χ2v) is 4.75. The molecular formula is C14H22O. The molecule has 0 aromatic rings. The first-order chi connectivity index (χ1) is 7.15. The van der Waals surface area contributed by atoms with Gasteiger partial charge in [-0.15, -0.1) is 0 Å². The fraction of sp³-hybridized carbons (Fsp3) is 0.643. The SMILES string of the molecule is CC=CC(=O)C1=C(CC(C)C)CCCC1. The van der Waals surface area contributed by atoms with Crippen LogP contribution in [0.4, 0.5) is 0 Å². The second kappa shape index (κ2) is 5.89. The summed E-state index contributed by atoms with van der Waals surface area (Å²) >= 11 is 0. The van der Waals surface area contributed by atoms with Crippen LogP contribution in [0.5, 0.6) is 0 Å². The average molecular weight is 206 g/mol. The summed E-state index contributed by atoms with van der Waals surface area (Å²) < 4.78 is 0. The zero-order chi connectivity index (χ0) is 11.3. The van der Waals surface area contributed by atoms with Crippen molar-refractivity contribution in [1.29, 1.82) is 0 Å². The van der Waals surface area contributed by atoms with Gasteiger partial charge in [0.05, 0.1) is 0 Å². The lowest BCUT2D eigenvalue weighted by Crippen LogP contribution is -2.09. The normalized spacial score (nSPS) is 17.9. The van der Waals surface area contributed by atoms with Gasteiger partial charge in [0, 0.05) is 0 Å². The highest BCUT2D eigenvalue weighted by atomic mass is 16.1. The molecule has 0 unspecified atom stereocenters. The molecule has 0 bridgehead atoms. The van der Waals surface area contributed by atoms with Crippen molar-refractivity contribution in [3.63, 3.8) is 0 Å². The number of hydrogen-bond acceptors (Lipinski definition) is 1. The van der Waals surface area contributed by atoms with Gasteiger partial charge in [0.1, 0.15) is 0 Å². The molecule has 0 amide bonds. The summed E-state index contributed by atoms with van der Waals surface area (Å²) in [5.41, 5.74) is 2.52. The highest BCUT2D eigenvalue weighted by molar-refractivity contribution is 6.04. The van der Waals surface area contributed by atoms with Gasteiger partial charge in [-0.05, 0) is 56.6 Å². The standard InChI is InChI=1S/C14H22O/c1-4-7-14(15)13-9-6-5-8-12(13)10-11(2)3/h4,7,11H,5-6,8-10H2,1-3H3. The van der Waals surface area contributed by atoms with E-state index >= 15 is 0 Å². The first-order valence-electron chi connectivity index (χ1n) is 6.03. The van der Waals surface area contributed by atoms with Crippen LogP contribution < -0.4 is 0 Å². The largest absolute Gasteiger partial charge is 0.290 e. The molecular weight excluding hydrogens is 184 g/mol. The van der Waals surface area contributed by atoms with E-state index in [0.717, 1.165) is 24.8 Å². The third kappa shape index (κ3) is 3.65. The Balaban J connectivity index is 2.85. The maximum atomic E-state index is 11.8. The molecule has 0 spiro atoms. The average Bonchev–Trinajstić information content (AvgIpc) is 2.18. The van der Waals surface area contributed by atoms with Gasteiger partial charge in [-0.25, -0.2) is 0 Å². The number of hydrogen-bond donors (Lipinski definition) is 0. The summed E-state index contributed by atoms with van der Waals surface area (Å²) in [6, 6.07) is 0. The van der Waals surface area contributed by atoms with Crippen LogP contribution in [0.1, 0.15) is 52.9 Å². The monoisotopic (exact) mass is 206 g/mol. The summed E-state index contributed by atoms with van der Waals surface area (Å²) in [7, 11) is 0. The van der Waals surface area contributed by atoms with Crippen LogP contribution >= 0.6 is 0 Å². The number of allylic oxidation sites excluding steroid dienone is 4. The molecule has 0 aliphatic heterocycles. The van der Waals surface area contributed by atoms with Gasteiger partial charge in [0.2, 0.25) is 0 Å². The molecule has 0 saturated heterocycles. The molecule has 0 atom stereocenters. The Morgan fingerprint density at radius 2 is 2.00 bits per heavy atom. The van der Waals surface area contributed by atoms with E-state index < -0.39 is 0 Å². The molecule has 0 aromatic carbocycles. The summed E-state index contributed by atoms with van der Waals surface area (Å²) in [6.45, 7) is 6.35. The van der Waals surface area contributed by atoms with E-state index in [9.17, 15) is 4.79 Å². The summed E-state index contributed by atoms with van der Waals surface area (Å²) in [5.74, 6) is 0.902. The van der Waals surface area contributed by atoms with Gasteiger partial charge in [-0.2, -0.15) is 0 Å². The van der Waals surface area contributed by atoms with E-state index in [4.69, 9.17) is 0 Å². The van der Waals surface area contributed by atoms with Gasteiger partial charge < -0.3 is 0 Å². The molecule has 1 aliphatic carbocycles. The minimum absolute atomic E-state index is 0.243.